The molecule has 1 aromatic heterocycles. The van der Waals surface area contributed by atoms with Crippen LogP contribution in [0.4, 0.5) is 0 Å². The van der Waals surface area contributed by atoms with Crippen LogP contribution in [0.25, 0.3) is 0 Å². The third-order valence-electron chi connectivity index (χ3n) is 5.78. The molecule has 0 bridgehead atoms. The summed E-state index contributed by atoms with van der Waals surface area (Å²) in [4.78, 5) is 24.6. The minimum Gasteiger partial charge on any atom is -0.462 e. The van der Waals surface area contributed by atoms with E-state index < -0.39 is 14.0 Å². The lowest BCUT2D eigenvalue weighted by molar-refractivity contribution is 0.0520. The first-order valence-corrected chi connectivity index (χ1v) is 13.5. The Labute approximate surface area is 170 Å². The van der Waals surface area contributed by atoms with Gasteiger partial charge in [-0.25, -0.2) is 4.79 Å². The lowest BCUT2D eigenvalue weighted by atomic mass is 10.1. The van der Waals surface area contributed by atoms with Crippen molar-refractivity contribution in [3.63, 3.8) is 0 Å². The van der Waals surface area contributed by atoms with Crippen molar-refractivity contribution in [2.75, 3.05) is 13.2 Å². The fourth-order valence-electron chi connectivity index (χ4n) is 3.03. The molecular formula is C18H30IN3O3Si. The van der Waals surface area contributed by atoms with Gasteiger partial charge >= 0.3 is 5.97 Å². The number of nitrogens with one attached hydrogen (secondary N) is 1. The van der Waals surface area contributed by atoms with Crippen molar-refractivity contribution in [1.29, 1.82) is 0 Å². The summed E-state index contributed by atoms with van der Waals surface area (Å²) >= 11 is 2.01. The van der Waals surface area contributed by atoms with Crippen LogP contribution in [0.5, 0.6) is 0 Å². The minimum atomic E-state index is -1.32. The van der Waals surface area contributed by atoms with E-state index in [0.717, 1.165) is 12.8 Å². The molecule has 146 valence electrons. The Hall–Kier alpha value is -0.903. The number of rotatable bonds is 6. The van der Waals surface area contributed by atoms with Crippen LogP contribution in [0.2, 0.25) is 24.2 Å². The molecule has 1 aromatic rings. The van der Waals surface area contributed by atoms with Gasteiger partial charge in [-0.3, -0.25) is 9.48 Å². The second-order valence-corrected chi connectivity index (χ2v) is 15.4. The number of hydrogen-bond acceptors (Lipinski definition) is 4. The third kappa shape index (κ3) is 4.32. The molecule has 0 spiro atoms. The van der Waals surface area contributed by atoms with Crippen molar-refractivity contribution in [2.45, 2.75) is 70.8 Å². The molecule has 0 aliphatic carbocycles. The van der Waals surface area contributed by atoms with Gasteiger partial charge < -0.3 is 10.1 Å². The van der Waals surface area contributed by atoms with Crippen molar-refractivity contribution >= 4 is 42.5 Å². The average Bonchev–Trinajstić information content (AvgIpc) is 2.86. The average molecular weight is 491 g/mol. The number of amides is 1. The maximum Gasteiger partial charge on any atom is 0.343 e. The van der Waals surface area contributed by atoms with E-state index >= 15 is 0 Å². The van der Waals surface area contributed by atoms with E-state index in [9.17, 15) is 9.59 Å². The van der Waals surface area contributed by atoms with E-state index in [1.807, 2.05) is 22.6 Å². The molecule has 1 atom stereocenters. The molecule has 26 heavy (non-hydrogen) atoms. The highest BCUT2D eigenvalue weighted by atomic mass is 127. The minimum absolute atomic E-state index is 0.0872. The van der Waals surface area contributed by atoms with Gasteiger partial charge in [0.25, 0.3) is 5.91 Å². The number of nitrogens with zero attached hydrogens (tertiary/aromatic N) is 2. The maximum atomic E-state index is 12.4. The zero-order chi connectivity index (χ0) is 19.7. The Morgan fingerprint density at radius 1 is 1.42 bits per heavy atom. The molecule has 0 radical (unpaired) electrons. The summed E-state index contributed by atoms with van der Waals surface area (Å²) in [6, 6.07) is 1.32. The molecule has 6 nitrogen and oxygen atoms in total. The molecule has 0 fully saturated rings. The molecule has 1 aliphatic heterocycles. The van der Waals surface area contributed by atoms with Crippen LogP contribution in [-0.2, 0) is 4.74 Å². The van der Waals surface area contributed by atoms with E-state index in [2.05, 4.69) is 44.3 Å². The predicted molar refractivity (Wildman–Crippen MR) is 114 cm³/mol. The van der Waals surface area contributed by atoms with Crippen LogP contribution in [-0.4, -0.2) is 42.9 Å². The number of carbonyl (C=O) groups excluding carboxylic acids is 2. The molecule has 1 amide bonds. The Kier molecular flexibility index (Phi) is 6.58. The monoisotopic (exact) mass is 491 g/mol. The number of ether oxygens (including phenoxy) is 1. The highest BCUT2D eigenvalue weighted by Crippen LogP contribution is 2.40. The Bertz CT molecular complexity index is 695. The standard InChI is InChI=1S/C18H30IN3O3Si/c1-7-25-17(24)13-14-16(23)20-11-12(22(14)21-15(13)19)9-8-10-26(5,6)18(2,3)4/h12H,7-11H2,1-6H3,(H,20,23). The molecule has 0 saturated heterocycles. The second kappa shape index (κ2) is 8.00. The van der Waals surface area contributed by atoms with Gasteiger partial charge in [-0.15, -0.1) is 0 Å². The van der Waals surface area contributed by atoms with Crippen LogP contribution >= 0.6 is 22.6 Å². The first kappa shape index (κ1) is 21.4. The van der Waals surface area contributed by atoms with E-state index in [0.29, 0.717) is 26.5 Å². The van der Waals surface area contributed by atoms with Crippen LogP contribution in [0, 0.1) is 3.70 Å². The summed E-state index contributed by atoms with van der Waals surface area (Å²) in [5.74, 6) is -0.723. The quantitative estimate of drug-likeness (QED) is 0.367. The fraction of sp³-hybridized carbons (Fsp3) is 0.722. The Morgan fingerprint density at radius 3 is 2.65 bits per heavy atom. The maximum absolute atomic E-state index is 12.4. The van der Waals surface area contributed by atoms with Gasteiger partial charge in [0.15, 0.2) is 0 Å². The second-order valence-electron chi connectivity index (χ2n) is 8.57. The number of hydrogen-bond donors (Lipinski definition) is 1. The van der Waals surface area contributed by atoms with E-state index in [-0.39, 0.29) is 18.6 Å². The van der Waals surface area contributed by atoms with Gasteiger partial charge in [0.05, 0.1) is 20.7 Å². The number of esters is 1. The lowest BCUT2D eigenvalue weighted by Gasteiger charge is -2.37. The smallest absolute Gasteiger partial charge is 0.343 e. The molecule has 2 heterocycles. The van der Waals surface area contributed by atoms with Crippen molar-refractivity contribution in [3.05, 3.63) is 15.0 Å². The van der Waals surface area contributed by atoms with E-state index in [4.69, 9.17) is 4.74 Å². The Balaban J connectivity index is 2.18. The molecule has 1 N–H and O–H groups in total. The molecule has 1 aliphatic rings. The van der Waals surface area contributed by atoms with Gasteiger partial charge in [-0.2, -0.15) is 5.10 Å². The highest BCUT2D eigenvalue weighted by molar-refractivity contribution is 14.1. The van der Waals surface area contributed by atoms with Crippen molar-refractivity contribution < 1.29 is 14.3 Å². The van der Waals surface area contributed by atoms with Gasteiger partial charge in [0.1, 0.15) is 15.0 Å². The van der Waals surface area contributed by atoms with Crippen LogP contribution in [0.15, 0.2) is 0 Å². The van der Waals surface area contributed by atoms with Gasteiger partial charge in [-0.1, -0.05) is 46.3 Å². The first-order valence-electron chi connectivity index (χ1n) is 9.23. The Morgan fingerprint density at radius 2 is 2.08 bits per heavy atom. The van der Waals surface area contributed by atoms with E-state index in [1.165, 1.54) is 6.04 Å². The van der Waals surface area contributed by atoms with Gasteiger partial charge in [-0.05, 0) is 41.0 Å². The fourth-order valence-corrected chi connectivity index (χ4v) is 5.58. The van der Waals surface area contributed by atoms with E-state index in [1.54, 1.807) is 11.6 Å². The molecule has 8 heteroatoms. The number of carbonyl (C=O) groups is 2. The molecular weight excluding hydrogens is 461 g/mol. The van der Waals surface area contributed by atoms with Gasteiger partial charge in [0.2, 0.25) is 0 Å². The van der Waals surface area contributed by atoms with Crippen LogP contribution in [0.1, 0.15) is 67.4 Å². The number of halogens is 1. The molecule has 2 rings (SSSR count). The molecule has 0 saturated carbocycles. The van der Waals surface area contributed by atoms with Gasteiger partial charge in [0, 0.05) is 6.54 Å². The highest BCUT2D eigenvalue weighted by Gasteiger charge is 2.37. The van der Waals surface area contributed by atoms with Crippen LogP contribution < -0.4 is 5.32 Å². The number of aromatic nitrogens is 2. The van der Waals surface area contributed by atoms with Crippen molar-refractivity contribution in [1.82, 2.24) is 15.1 Å². The summed E-state index contributed by atoms with van der Waals surface area (Å²) in [5.41, 5.74) is 0.635. The normalized spacial score (nSPS) is 17.7. The third-order valence-corrected chi connectivity index (χ3v) is 12.2. The first-order chi connectivity index (χ1) is 12.0. The lowest BCUT2D eigenvalue weighted by Crippen LogP contribution is -2.41. The summed E-state index contributed by atoms with van der Waals surface area (Å²) in [7, 11) is -1.32. The summed E-state index contributed by atoms with van der Waals surface area (Å²) in [6.07, 6.45) is 2.04. The summed E-state index contributed by atoms with van der Waals surface area (Å²) < 4.78 is 7.39. The molecule has 1 unspecified atom stereocenters. The largest absolute Gasteiger partial charge is 0.462 e. The van der Waals surface area contributed by atoms with Crippen molar-refractivity contribution in [3.8, 4) is 0 Å². The molecule has 0 aromatic carbocycles. The van der Waals surface area contributed by atoms with Crippen LogP contribution in [0.3, 0.4) is 0 Å². The predicted octanol–water partition coefficient (Wildman–Crippen LogP) is 4.24. The SMILES string of the molecule is CCOC(=O)c1c(I)nn2c1C(=O)NCC2CCC[Si](C)(C)C(C)(C)C. The zero-order valence-electron chi connectivity index (χ0n) is 16.6. The summed E-state index contributed by atoms with van der Waals surface area (Å²) in [6.45, 7) is 14.5. The van der Waals surface area contributed by atoms with Crippen molar-refractivity contribution in [2.24, 2.45) is 0 Å². The number of fused-ring (bicyclic) bond motifs is 1. The summed E-state index contributed by atoms with van der Waals surface area (Å²) in [5, 5.41) is 7.79. The topological polar surface area (TPSA) is 73.2 Å². The zero-order valence-corrected chi connectivity index (χ0v) is 19.8.